The Balaban J connectivity index is 1.85. The summed E-state index contributed by atoms with van der Waals surface area (Å²) in [6.45, 7) is 0.899. The fraction of sp³-hybridized carbons (Fsp3) is 0.778. The van der Waals surface area contributed by atoms with E-state index in [0.29, 0.717) is 45.3 Å². The smallest absolute Gasteiger partial charge is 0.326 e. The monoisotopic (exact) mass is 413 g/mol. The molecular formula is C18H31N5O6. The second-order valence-electron chi connectivity index (χ2n) is 7.50. The van der Waals surface area contributed by atoms with Crippen molar-refractivity contribution in [1.82, 2.24) is 20.9 Å². The maximum Gasteiger partial charge on any atom is 0.326 e. The lowest BCUT2D eigenvalue weighted by Gasteiger charge is -2.26. The Labute approximate surface area is 169 Å². The molecule has 3 amide bonds. The predicted molar refractivity (Wildman–Crippen MR) is 103 cm³/mol. The van der Waals surface area contributed by atoms with Gasteiger partial charge < -0.3 is 36.8 Å². The molecule has 0 aromatic rings. The molecular weight excluding hydrogens is 382 g/mol. The molecule has 0 aliphatic carbocycles. The van der Waals surface area contributed by atoms with Crippen LogP contribution in [0.3, 0.4) is 0 Å². The summed E-state index contributed by atoms with van der Waals surface area (Å²) in [4.78, 5) is 49.9. The van der Waals surface area contributed by atoms with Crippen molar-refractivity contribution in [2.24, 2.45) is 5.73 Å². The topological polar surface area (TPSA) is 174 Å². The van der Waals surface area contributed by atoms with Crippen molar-refractivity contribution in [2.45, 2.75) is 62.8 Å². The van der Waals surface area contributed by atoms with Crippen LogP contribution in [0.2, 0.25) is 0 Å². The van der Waals surface area contributed by atoms with Gasteiger partial charge in [-0.25, -0.2) is 4.79 Å². The molecule has 0 radical (unpaired) electrons. The van der Waals surface area contributed by atoms with Gasteiger partial charge in [0.05, 0.1) is 18.7 Å². The summed E-state index contributed by atoms with van der Waals surface area (Å²) < 4.78 is 0. The van der Waals surface area contributed by atoms with E-state index in [1.807, 2.05) is 0 Å². The highest BCUT2D eigenvalue weighted by molar-refractivity contribution is 5.93. The van der Waals surface area contributed by atoms with Crippen LogP contribution in [0.25, 0.3) is 0 Å². The summed E-state index contributed by atoms with van der Waals surface area (Å²) in [5.74, 6) is -2.39. The average Bonchev–Trinajstić information content (AvgIpc) is 3.34. The standard InChI is InChI=1S/C18H31N5O6/c19-6-2-1-4-12(18(28)29)22-17(27)14-5-3-7-23(14)15(25)10-21-16(26)13-8-11(24)9-20-13/h11-14,20,24H,1-10,19H2,(H,21,26)(H,22,27)(H,28,29)/t11-,12+,13+,14+/m1/s1. The number of β-amino-alcohol motifs (C(OH)–C–C–N with tert-alkyl or cyclic N) is 1. The second-order valence-corrected chi connectivity index (χ2v) is 7.50. The number of nitrogens with two attached hydrogens (primary N) is 1. The first-order chi connectivity index (χ1) is 13.8. The normalized spacial score (nSPS) is 24.9. The van der Waals surface area contributed by atoms with Crippen molar-refractivity contribution in [3.05, 3.63) is 0 Å². The van der Waals surface area contributed by atoms with E-state index in [2.05, 4.69) is 16.0 Å². The molecule has 2 rings (SSSR count). The van der Waals surface area contributed by atoms with E-state index in [1.54, 1.807) is 0 Å². The minimum absolute atomic E-state index is 0.254. The molecule has 2 aliphatic rings. The molecule has 11 nitrogen and oxygen atoms in total. The van der Waals surface area contributed by atoms with Gasteiger partial charge in [0.1, 0.15) is 12.1 Å². The van der Waals surface area contributed by atoms with Gasteiger partial charge in [-0.3, -0.25) is 14.4 Å². The minimum atomic E-state index is -1.12. The molecule has 4 atom stereocenters. The number of carboxylic acid groups (broad SMARTS) is 1. The number of amides is 3. The van der Waals surface area contributed by atoms with Gasteiger partial charge in [-0.05, 0) is 45.1 Å². The maximum absolute atomic E-state index is 12.6. The van der Waals surface area contributed by atoms with E-state index in [9.17, 15) is 29.4 Å². The number of likely N-dealkylation sites (tertiary alicyclic amines) is 1. The number of aliphatic hydroxyl groups excluding tert-OH is 1. The van der Waals surface area contributed by atoms with Crippen molar-refractivity contribution in [3.8, 4) is 0 Å². The first-order valence-electron chi connectivity index (χ1n) is 10.0. The number of nitrogens with zero attached hydrogens (tertiary/aromatic N) is 1. The Kier molecular flexibility index (Phi) is 8.80. The lowest BCUT2D eigenvalue weighted by molar-refractivity contribution is -0.144. The Morgan fingerprint density at radius 2 is 1.97 bits per heavy atom. The van der Waals surface area contributed by atoms with Crippen LogP contribution >= 0.6 is 0 Å². The molecule has 2 saturated heterocycles. The highest BCUT2D eigenvalue weighted by Crippen LogP contribution is 2.18. The van der Waals surface area contributed by atoms with Gasteiger partial charge in [-0.2, -0.15) is 0 Å². The molecule has 164 valence electrons. The van der Waals surface area contributed by atoms with Crippen LogP contribution in [-0.2, 0) is 19.2 Å². The van der Waals surface area contributed by atoms with E-state index in [0.717, 1.165) is 0 Å². The van der Waals surface area contributed by atoms with Crippen molar-refractivity contribution >= 4 is 23.7 Å². The molecule has 7 N–H and O–H groups in total. The van der Waals surface area contributed by atoms with Crippen molar-refractivity contribution in [1.29, 1.82) is 0 Å². The van der Waals surface area contributed by atoms with Gasteiger partial charge >= 0.3 is 5.97 Å². The zero-order valence-corrected chi connectivity index (χ0v) is 16.4. The van der Waals surface area contributed by atoms with Crippen molar-refractivity contribution in [3.63, 3.8) is 0 Å². The summed E-state index contributed by atoms with van der Waals surface area (Å²) in [5.41, 5.74) is 5.41. The van der Waals surface area contributed by atoms with Crippen LogP contribution in [0.5, 0.6) is 0 Å². The third-order valence-electron chi connectivity index (χ3n) is 5.28. The molecule has 0 bridgehead atoms. The largest absolute Gasteiger partial charge is 0.480 e. The number of hydrogen-bond acceptors (Lipinski definition) is 7. The summed E-state index contributed by atoms with van der Waals surface area (Å²) in [6.07, 6.45) is 2.29. The lowest BCUT2D eigenvalue weighted by Crippen LogP contribution is -2.53. The highest BCUT2D eigenvalue weighted by atomic mass is 16.4. The van der Waals surface area contributed by atoms with Crippen LogP contribution in [0, 0.1) is 0 Å². The van der Waals surface area contributed by atoms with Crippen LogP contribution in [0.15, 0.2) is 0 Å². The van der Waals surface area contributed by atoms with E-state index in [4.69, 9.17) is 5.73 Å². The number of aliphatic hydroxyl groups is 1. The molecule has 0 aromatic heterocycles. The SMILES string of the molecule is NCCCC[C@H](NC(=O)[C@@H]1CCCN1C(=O)CNC(=O)[C@@H]1C[C@@H](O)CN1)C(=O)O. The zero-order chi connectivity index (χ0) is 21.4. The van der Waals surface area contributed by atoms with Gasteiger partial charge in [0.25, 0.3) is 0 Å². The Morgan fingerprint density at radius 3 is 2.59 bits per heavy atom. The zero-order valence-electron chi connectivity index (χ0n) is 16.4. The fourth-order valence-electron chi connectivity index (χ4n) is 3.66. The van der Waals surface area contributed by atoms with Gasteiger partial charge in [0, 0.05) is 13.1 Å². The van der Waals surface area contributed by atoms with E-state index >= 15 is 0 Å². The number of unbranched alkanes of at least 4 members (excludes halogenated alkanes) is 1. The van der Waals surface area contributed by atoms with E-state index in [1.165, 1.54) is 4.90 Å². The Morgan fingerprint density at radius 1 is 1.21 bits per heavy atom. The summed E-state index contributed by atoms with van der Waals surface area (Å²) in [7, 11) is 0. The number of nitrogens with one attached hydrogen (secondary N) is 3. The molecule has 2 fully saturated rings. The fourth-order valence-corrected chi connectivity index (χ4v) is 3.66. The molecule has 2 aliphatic heterocycles. The number of carbonyl (C=O) groups excluding carboxylic acids is 3. The van der Waals surface area contributed by atoms with E-state index < -0.39 is 42.0 Å². The van der Waals surface area contributed by atoms with Gasteiger partial charge in [-0.1, -0.05) is 0 Å². The second kappa shape index (κ2) is 11.1. The highest BCUT2D eigenvalue weighted by Gasteiger charge is 2.36. The quantitative estimate of drug-likeness (QED) is 0.213. The van der Waals surface area contributed by atoms with Crippen molar-refractivity contribution < 1.29 is 29.4 Å². The van der Waals surface area contributed by atoms with E-state index in [-0.39, 0.29) is 25.3 Å². The molecule has 0 unspecified atom stereocenters. The van der Waals surface area contributed by atoms with Crippen molar-refractivity contribution in [2.75, 3.05) is 26.2 Å². The Hall–Kier alpha value is -2.24. The third-order valence-corrected chi connectivity index (χ3v) is 5.28. The molecule has 29 heavy (non-hydrogen) atoms. The number of hydrogen-bond donors (Lipinski definition) is 6. The third kappa shape index (κ3) is 6.65. The predicted octanol–water partition coefficient (Wildman–Crippen LogP) is -2.49. The summed E-state index contributed by atoms with van der Waals surface area (Å²) in [5, 5.41) is 26.7. The number of rotatable bonds is 10. The minimum Gasteiger partial charge on any atom is -0.480 e. The van der Waals surface area contributed by atoms with Gasteiger partial charge in [0.2, 0.25) is 17.7 Å². The number of carbonyl (C=O) groups is 4. The van der Waals surface area contributed by atoms with Crippen LogP contribution < -0.4 is 21.7 Å². The van der Waals surface area contributed by atoms with Crippen LogP contribution in [0.1, 0.15) is 38.5 Å². The molecule has 0 saturated carbocycles. The molecule has 0 spiro atoms. The number of aliphatic carboxylic acids is 1. The maximum atomic E-state index is 12.6. The summed E-state index contributed by atoms with van der Waals surface area (Å²) in [6, 6.07) is -2.31. The van der Waals surface area contributed by atoms with Gasteiger partial charge in [-0.15, -0.1) is 0 Å². The van der Waals surface area contributed by atoms with Gasteiger partial charge in [0.15, 0.2) is 0 Å². The number of carboxylic acids is 1. The van der Waals surface area contributed by atoms with Crippen LogP contribution in [0.4, 0.5) is 0 Å². The average molecular weight is 413 g/mol. The summed E-state index contributed by atoms with van der Waals surface area (Å²) >= 11 is 0. The first-order valence-corrected chi connectivity index (χ1v) is 10.0. The first kappa shape index (κ1) is 23.0. The van der Waals surface area contributed by atoms with Crippen LogP contribution in [-0.4, -0.2) is 89.2 Å². The molecule has 2 heterocycles. The molecule has 11 heteroatoms. The molecule has 0 aromatic carbocycles. The Bertz CT molecular complexity index is 616. The lowest BCUT2D eigenvalue weighted by atomic mass is 10.1.